The molecule has 0 saturated carbocycles. The molecule has 0 bridgehead atoms. The van der Waals surface area contributed by atoms with Crippen LogP contribution in [0.3, 0.4) is 0 Å². The van der Waals surface area contributed by atoms with E-state index in [2.05, 4.69) is 45.6 Å². The Labute approximate surface area is 106 Å². The molecular weight excluding hydrogens is 230 g/mol. The van der Waals surface area contributed by atoms with Crippen molar-refractivity contribution in [2.75, 3.05) is 0 Å². The first-order valence-electron chi connectivity index (χ1n) is 6.15. The lowest BCUT2D eigenvalue weighted by atomic mass is 10.1. The molecule has 0 aliphatic heterocycles. The Morgan fingerprint density at radius 2 is 2.33 bits per heavy atom. The van der Waals surface area contributed by atoms with Crippen LogP contribution in [-0.2, 0) is 19.4 Å². The van der Waals surface area contributed by atoms with Crippen molar-refractivity contribution in [3.8, 4) is 0 Å². The largest absolute Gasteiger partial charge is 0.271 e. The first-order chi connectivity index (χ1) is 8.78. The van der Waals surface area contributed by atoms with Gasteiger partial charge in [-0.1, -0.05) is 6.92 Å². The van der Waals surface area contributed by atoms with Crippen LogP contribution in [-0.4, -0.2) is 25.0 Å². The molecule has 2 aromatic heterocycles. The Kier molecular flexibility index (Phi) is 4.06. The zero-order valence-corrected chi connectivity index (χ0v) is 10.7. The average molecular weight is 249 g/mol. The van der Waals surface area contributed by atoms with Crippen LogP contribution < -0.4 is 11.3 Å². The zero-order chi connectivity index (χ0) is 13.0. The topological polar surface area (TPSA) is 97.4 Å². The molecule has 0 aromatic carbocycles. The molecule has 98 valence electrons. The highest BCUT2D eigenvalue weighted by Gasteiger charge is 2.16. The standard InChI is InChI=1S/C11H19N7/c1-3-8-5-9(18(4-2)17-8)6-10(15-12)11-13-7-14-16-11/h5,7,10,15H,3-4,6,12H2,1-2H3,(H,13,14,16). The number of rotatable bonds is 6. The number of hydrogen-bond acceptors (Lipinski definition) is 5. The molecule has 0 amide bonds. The lowest BCUT2D eigenvalue weighted by Gasteiger charge is -2.13. The molecule has 0 aliphatic carbocycles. The molecule has 1 atom stereocenters. The number of H-pyrrole nitrogens is 1. The molecule has 2 heterocycles. The van der Waals surface area contributed by atoms with E-state index in [0.29, 0.717) is 0 Å². The third-order valence-corrected chi connectivity index (χ3v) is 2.95. The van der Waals surface area contributed by atoms with Crippen LogP contribution >= 0.6 is 0 Å². The number of hydrazine groups is 1. The van der Waals surface area contributed by atoms with Crippen molar-refractivity contribution in [2.45, 2.75) is 39.3 Å². The monoisotopic (exact) mass is 249 g/mol. The van der Waals surface area contributed by atoms with Gasteiger partial charge in [-0.15, -0.1) is 0 Å². The summed E-state index contributed by atoms with van der Waals surface area (Å²) in [6.07, 6.45) is 3.14. The smallest absolute Gasteiger partial charge is 0.143 e. The number of nitrogens with zero attached hydrogens (tertiary/aromatic N) is 4. The van der Waals surface area contributed by atoms with Gasteiger partial charge in [0.05, 0.1) is 11.7 Å². The van der Waals surface area contributed by atoms with E-state index in [-0.39, 0.29) is 6.04 Å². The minimum atomic E-state index is -0.0841. The van der Waals surface area contributed by atoms with Gasteiger partial charge in [0.1, 0.15) is 12.2 Å². The summed E-state index contributed by atoms with van der Waals surface area (Å²) in [5.74, 6) is 6.31. The van der Waals surface area contributed by atoms with Crippen molar-refractivity contribution in [3.63, 3.8) is 0 Å². The van der Waals surface area contributed by atoms with Crippen LogP contribution in [0, 0.1) is 0 Å². The van der Waals surface area contributed by atoms with Gasteiger partial charge in [0, 0.05) is 18.7 Å². The van der Waals surface area contributed by atoms with E-state index in [1.807, 2.05) is 4.68 Å². The molecular formula is C11H19N7. The van der Waals surface area contributed by atoms with Gasteiger partial charge in [-0.05, 0) is 19.4 Å². The second-order valence-electron chi connectivity index (χ2n) is 4.09. The van der Waals surface area contributed by atoms with Crippen LogP contribution in [0.15, 0.2) is 12.4 Å². The summed E-state index contributed by atoms with van der Waals surface area (Å²) in [5.41, 5.74) is 5.00. The zero-order valence-electron chi connectivity index (χ0n) is 10.7. The van der Waals surface area contributed by atoms with E-state index in [0.717, 1.165) is 36.6 Å². The summed E-state index contributed by atoms with van der Waals surface area (Å²) >= 11 is 0. The van der Waals surface area contributed by atoms with Gasteiger partial charge in [0.2, 0.25) is 0 Å². The maximum Gasteiger partial charge on any atom is 0.143 e. The number of nitrogens with one attached hydrogen (secondary N) is 2. The maximum absolute atomic E-state index is 5.58. The molecule has 18 heavy (non-hydrogen) atoms. The summed E-state index contributed by atoms with van der Waals surface area (Å²) in [5, 5.41) is 11.2. The second kappa shape index (κ2) is 5.74. The minimum Gasteiger partial charge on any atom is -0.271 e. The van der Waals surface area contributed by atoms with Gasteiger partial charge in [-0.3, -0.25) is 15.6 Å². The van der Waals surface area contributed by atoms with Crippen molar-refractivity contribution >= 4 is 0 Å². The Morgan fingerprint density at radius 3 is 2.89 bits per heavy atom. The fraction of sp³-hybridized carbons (Fsp3) is 0.545. The molecule has 0 radical (unpaired) electrons. The predicted molar refractivity (Wildman–Crippen MR) is 67.4 cm³/mol. The third kappa shape index (κ3) is 2.57. The fourth-order valence-electron chi connectivity index (χ4n) is 1.95. The summed E-state index contributed by atoms with van der Waals surface area (Å²) in [4.78, 5) is 4.13. The summed E-state index contributed by atoms with van der Waals surface area (Å²) < 4.78 is 2.00. The number of aromatic amines is 1. The van der Waals surface area contributed by atoms with E-state index in [1.165, 1.54) is 6.33 Å². The highest BCUT2D eigenvalue weighted by atomic mass is 15.3. The van der Waals surface area contributed by atoms with Crippen LogP contribution in [0.1, 0.15) is 37.1 Å². The SMILES string of the molecule is CCc1cc(CC(NN)c2ncn[nH]2)n(CC)n1. The number of aryl methyl sites for hydroxylation is 2. The van der Waals surface area contributed by atoms with E-state index in [9.17, 15) is 0 Å². The van der Waals surface area contributed by atoms with Gasteiger partial charge in [-0.2, -0.15) is 10.2 Å². The van der Waals surface area contributed by atoms with Gasteiger partial charge < -0.3 is 0 Å². The predicted octanol–water partition coefficient (Wildman–Crippen LogP) is 0.331. The molecule has 2 rings (SSSR count). The Bertz CT molecular complexity index is 474. The molecule has 7 nitrogen and oxygen atoms in total. The van der Waals surface area contributed by atoms with E-state index in [4.69, 9.17) is 5.84 Å². The lowest BCUT2D eigenvalue weighted by Crippen LogP contribution is -2.31. The van der Waals surface area contributed by atoms with Gasteiger partial charge in [0.25, 0.3) is 0 Å². The second-order valence-corrected chi connectivity index (χ2v) is 4.09. The van der Waals surface area contributed by atoms with E-state index in [1.54, 1.807) is 0 Å². The van der Waals surface area contributed by atoms with Crippen molar-refractivity contribution in [1.29, 1.82) is 0 Å². The van der Waals surface area contributed by atoms with Gasteiger partial charge >= 0.3 is 0 Å². The van der Waals surface area contributed by atoms with E-state index >= 15 is 0 Å². The number of hydrogen-bond donors (Lipinski definition) is 3. The van der Waals surface area contributed by atoms with Crippen LogP contribution in [0.4, 0.5) is 0 Å². The number of aromatic nitrogens is 5. The van der Waals surface area contributed by atoms with Crippen LogP contribution in [0.5, 0.6) is 0 Å². The van der Waals surface area contributed by atoms with E-state index < -0.39 is 0 Å². The summed E-state index contributed by atoms with van der Waals surface area (Å²) in [7, 11) is 0. The van der Waals surface area contributed by atoms with Crippen LogP contribution in [0.25, 0.3) is 0 Å². The third-order valence-electron chi connectivity index (χ3n) is 2.95. The van der Waals surface area contributed by atoms with Crippen molar-refractivity contribution in [3.05, 3.63) is 29.6 Å². The Hall–Kier alpha value is -1.73. The highest BCUT2D eigenvalue weighted by molar-refractivity contribution is 5.13. The minimum absolute atomic E-state index is 0.0841. The average Bonchev–Trinajstić information content (AvgIpc) is 3.04. The molecule has 1 unspecified atom stereocenters. The Balaban J connectivity index is 2.19. The first-order valence-corrected chi connectivity index (χ1v) is 6.15. The molecule has 0 aliphatic rings. The number of nitrogens with two attached hydrogens (primary N) is 1. The maximum atomic E-state index is 5.58. The first kappa shape index (κ1) is 12.7. The van der Waals surface area contributed by atoms with Crippen LogP contribution in [0.2, 0.25) is 0 Å². The Morgan fingerprint density at radius 1 is 1.50 bits per heavy atom. The molecule has 7 heteroatoms. The summed E-state index contributed by atoms with van der Waals surface area (Å²) in [6.45, 7) is 5.03. The van der Waals surface area contributed by atoms with Crippen molar-refractivity contribution < 1.29 is 0 Å². The molecule has 2 aromatic rings. The highest BCUT2D eigenvalue weighted by Crippen LogP contribution is 2.15. The lowest BCUT2D eigenvalue weighted by molar-refractivity contribution is 0.497. The quantitative estimate of drug-likeness (QED) is 0.506. The fourth-order valence-corrected chi connectivity index (χ4v) is 1.95. The van der Waals surface area contributed by atoms with Crippen molar-refractivity contribution in [1.82, 2.24) is 30.4 Å². The summed E-state index contributed by atoms with van der Waals surface area (Å²) in [6, 6.07) is 2.03. The molecule has 0 fully saturated rings. The molecule has 0 spiro atoms. The van der Waals surface area contributed by atoms with Gasteiger partial charge in [0.15, 0.2) is 0 Å². The normalized spacial score (nSPS) is 12.8. The molecule has 4 N–H and O–H groups in total. The molecule has 0 saturated heterocycles. The van der Waals surface area contributed by atoms with Gasteiger partial charge in [-0.25, -0.2) is 10.4 Å². The van der Waals surface area contributed by atoms with Crippen molar-refractivity contribution in [2.24, 2.45) is 5.84 Å².